The molecule has 6 rings (SSSR count). The van der Waals surface area contributed by atoms with Gasteiger partial charge in [0.25, 0.3) is 0 Å². The minimum absolute atomic E-state index is 0.0251. The molecule has 3 aliphatic carbocycles. The van der Waals surface area contributed by atoms with E-state index < -0.39 is 23.2 Å². The van der Waals surface area contributed by atoms with Crippen molar-refractivity contribution in [2.75, 3.05) is 13.1 Å². The van der Waals surface area contributed by atoms with Crippen LogP contribution >= 0.6 is 0 Å². The van der Waals surface area contributed by atoms with Gasteiger partial charge < -0.3 is 14.9 Å². The number of likely N-dealkylation sites (tertiary alicyclic amines) is 1. The second kappa shape index (κ2) is 4.43. The molecule has 2 bridgehead atoms. The molecular weight excluding hydrogens is 334 g/mol. The fraction of sp³-hybridized carbons (Fsp3) is 0.650. The summed E-state index contributed by atoms with van der Waals surface area (Å²) in [7, 11) is 0. The van der Waals surface area contributed by atoms with E-state index in [9.17, 15) is 20.2 Å². The molecule has 2 heterocycles. The van der Waals surface area contributed by atoms with Crippen LogP contribution in [0.25, 0.3) is 0 Å². The number of ether oxygens (including phenoxy) is 1. The second-order valence-corrected chi connectivity index (χ2v) is 9.10. The van der Waals surface area contributed by atoms with Crippen molar-refractivity contribution in [1.29, 1.82) is 0 Å². The number of carbonyl (C=O) groups is 1. The van der Waals surface area contributed by atoms with Crippen LogP contribution in [0.1, 0.15) is 43.2 Å². The van der Waals surface area contributed by atoms with Crippen LogP contribution in [-0.4, -0.2) is 56.7 Å². The van der Waals surface area contributed by atoms with Crippen LogP contribution in [0.2, 0.25) is 0 Å². The molecule has 0 amide bonds. The van der Waals surface area contributed by atoms with Crippen molar-refractivity contribution in [3.05, 3.63) is 23.3 Å². The van der Waals surface area contributed by atoms with Crippen LogP contribution in [0.5, 0.6) is 11.5 Å². The minimum atomic E-state index is -1.18. The standard InChI is InChI=1S/C20H23NO5/c22-13-3-4-15-17-12(13)9-16-20(24)6-5-14(23)18(26-15)19(17,20)7-8-21(16,25)10-11-1-2-11/h3-4,11,16,18,24-25H,1-2,5-10H2/p+1/t16?,18?,19-,20?,21-/m0/s1. The van der Waals surface area contributed by atoms with E-state index >= 15 is 0 Å². The number of carbonyl (C=O) groups excluding carboxylic acids is 1. The Bertz CT molecular complexity index is 851. The van der Waals surface area contributed by atoms with E-state index in [1.807, 2.05) is 0 Å². The van der Waals surface area contributed by atoms with Gasteiger partial charge in [0.2, 0.25) is 0 Å². The topological polar surface area (TPSA) is 87.0 Å². The number of Topliss-reactive ketones (excluding diaryl/α,β-unsaturated/α-hetero) is 1. The first-order valence-electron chi connectivity index (χ1n) is 9.76. The first-order chi connectivity index (χ1) is 12.4. The second-order valence-electron chi connectivity index (χ2n) is 9.10. The van der Waals surface area contributed by atoms with E-state index in [0.717, 1.165) is 24.0 Å². The van der Waals surface area contributed by atoms with E-state index in [2.05, 4.69) is 0 Å². The Labute approximate surface area is 151 Å². The minimum Gasteiger partial charge on any atom is -0.508 e. The smallest absolute Gasteiger partial charge is 0.174 e. The first-order valence-corrected chi connectivity index (χ1v) is 9.76. The summed E-state index contributed by atoms with van der Waals surface area (Å²) < 4.78 is 5.92. The molecular formula is C20H24NO5+. The molecule has 2 saturated carbocycles. The lowest BCUT2D eigenvalue weighted by molar-refractivity contribution is -1.13. The van der Waals surface area contributed by atoms with Crippen LogP contribution in [0.15, 0.2) is 12.1 Å². The largest absolute Gasteiger partial charge is 0.508 e. The molecule has 3 N–H and O–H groups in total. The van der Waals surface area contributed by atoms with Gasteiger partial charge >= 0.3 is 0 Å². The van der Waals surface area contributed by atoms with Crippen LogP contribution in [0.3, 0.4) is 0 Å². The van der Waals surface area contributed by atoms with Gasteiger partial charge in [0.1, 0.15) is 30.2 Å². The maximum absolute atomic E-state index is 12.7. The Kier molecular flexibility index (Phi) is 2.63. The number of phenolic OH excluding ortho intramolecular Hbond substituents is 1. The number of rotatable bonds is 2. The molecule has 5 aliphatic rings. The highest BCUT2D eigenvalue weighted by Gasteiger charge is 2.77. The van der Waals surface area contributed by atoms with Crippen LogP contribution < -0.4 is 4.74 Å². The SMILES string of the molecule is O=C1CCC2(O)C3Cc4c(O)ccc5c4[C@@]2(CC[N@+]3(O)CC2CC2)C1O5. The lowest BCUT2D eigenvalue weighted by atomic mass is 9.48. The van der Waals surface area contributed by atoms with Crippen molar-refractivity contribution in [1.82, 2.24) is 0 Å². The number of phenols is 1. The molecule has 138 valence electrons. The van der Waals surface area contributed by atoms with E-state index in [1.165, 1.54) is 0 Å². The van der Waals surface area contributed by atoms with Crippen molar-refractivity contribution >= 4 is 5.78 Å². The van der Waals surface area contributed by atoms with Crippen LogP contribution in [0, 0.1) is 5.92 Å². The van der Waals surface area contributed by atoms with Gasteiger partial charge in [0.15, 0.2) is 17.9 Å². The van der Waals surface area contributed by atoms with Gasteiger partial charge in [-0.2, -0.15) is 4.65 Å². The molecule has 3 unspecified atom stereocenters. The summed E-state index contributed by atoms with van der Waals surface area (Å²) >= 11 is 0. The Hall–Kier alpha value is -1.63. The van der Waals surface area contributed by atoms with Crippen molar-refractivity contribution < 1.29 is 29.6 Å². The predicted molar refractivity (Wildman–Crippen MR) is 90.0 cm³/mol. The highest BCUT2D eigenvalue weighted by atomic mass is 16.6. The number of piperidine rings is 1. The Morgan fingerprint density at radius 3 is 2.85 bits per heavy atom. The molecule has 2 aliphatic heterocycles. The molecule has 1 aromatic rings. The van der Waals surface area contributed by atoms with Crippen LogP contribution in [-0.2, 0) is 16.6 Å². The number of benzene rings is 1. The molecule has 26 heavy (non-hydrogen) atoms. The fourth-order valence-electron chi connectivity index (χ4n) is 6.58. The third-order valence-corrected chi connectivity index (χ3v) is 7.90. The van der Waals surface area contributed by atoms with Gasteiger partial charge in [-0.05, 0) is 31.4 Å². The molecule has 6 heteroatoms. The van der Waals surface area contributed by atoms with E-state index in [1.54, 1.807) is 12.1 Å². The number of hydrogen-bond donors (Lipinski definition) is 3. The molecule has 1 aromatic carbocycles. The molecule has 0 radical (unpaired) electrons. The number of hydroxylamine groups is 3. The van der Waals surface area contributed by atoms with Gasteiger partial charge in [0, 0.05) is 36.3 Å². The van der Waals surface area contributed by atoms with Crippen molar-refractivity contribution in [2.45, 2.75) is 61.7 Å². The van der Waals surface area contributed by atoms with E-state index in [4.69, 9.17) is 4.74 Å². The predicted octanol–water partition coefficient (Wildman–Crippen LogP) is 1.43. The first kappa shape index (κ1) is 15.4. The third-order valence-electron chi connectivity index (χ3n) is 7.90. The monoisotopic (exact) mass is 358 g/mol. The average molecular weight is 358 g/mol. The molecule has 1 spiro atoms. The Morgan fingerprint density at radius 2 is 2.08 bits per heavy atom. The zero-order valence-corrected chi connectivity index (χ0v) is 14.6. The lowest BCUT2D eigenvalue weighted by Gasteiger charge is -2.62. The quantitative estimate of drug-likeness (QED) is 0.696. The van der Waals surface area contributed by atoms with Crippen LogP contribution in [0.4, 0.5) is 0 Å². The Morgan fingerprint density at radius 1 is 1.27 bits per heavy atom. The maximum Gasteiger partial charge on any atom is 0.174 e. The summed E-state index contributed by atoms with van der Waals surface area (Å²) in [6.07, 6.45) is 3.12. The highest BCUT2D eigenvalue weighted by Crippen LogP contribution is 2.65. The molecule has 1 saturated heterocycles. The average Bonchev–Trinajstić information content (AvgIpc) is 3.33. The van der Waals surface area contributed by atoms with Crippen molar-refractivity contribution in [3.8, 4) is 11.5 Å². The summed E-state index contributed by atoms with van der Waals surface area (Å²) in [6.45, 7) is 1.17. The van der Waals surface area contributed by atoms with E-state index in [-0.39, 0.29) is 22.6 Å². The maximum atomic E-state index is 12.7. The number of aromatic hydroxyl groups is 1. The summed E-state index contributed by atoms with van der Waals surface area (Å²) in [6, 6.07) is 2.90. The van der Waals surface area contributed by atoms with Gasteiger partial charge in [-0.15, -0.1) is 0 Å². The lowest BCUT2D eigenvalue weighted by Crippen LogP contribution is -2.81. The van der Waals surface area contributed by atoms with Gasteiger partial charge in [-0.3, -0.25) is 4.79 Å². The number of hydrogen-bond acceptors (Lipinski definition) is 5. The zero-order chi connectivity index (χ0) is 17.9. The molecule has 5 atom stereocenters. The normalized spacial score (nSPS) is 45.2. The molecule has 6 nitrogen and oxygen atoms in total. The summed E-state index contributed by atoms with van der Waals surface area (Å²) in [5, 5.41) is 34.1. The van der Waals surface area contributed by atoms with Gasteiger partial charge in [0.05, 0.1) is 5.41 Å². The number of nitrogens with zero attached hydrogens (tertiary/aromatic N) is 1. The van der Waals surface area contributed by atoms with Gasteiger partial charge in [-0.1, -0.05) is 0 Å². The summed E-state index contributed by atoms with van der Waals surface area (Å²) in [4.78, 5) is 12.7. The zero-order valence-electron chi connectivity index (χ0n) is 14.6. The van der Waals surface area contributed by atoms with Crippen molar-refractivity contribution in [3.63, 3.8) is 0 Å². The number of aliphatic hydroxyl groups is 1. The number of quaternary nitrogens is 1. The highest BCUT2D eigenvalue weighted by molar-refractivity contribution is 5.89. The van der Waals surface area contributed by atoms with E-state index in [0.29, 0.717) is 44.0 Å². The molecule has 0 aromatic heterocycles. The van der Waals surface area contributed by atoms with Gasteiger partial charge in [-0.25, -0.2) is 5.21 Å². The molecule has 3 fully saturated rings. The van der Waals surface area contributed by atoms with Crippen molar-refractivity contribution in [2.24, 2.45) is 5.92 Å². The summed E-state index contributed by atoms with van der Waals surface area (Å²) in [5.74, 6) is 1.34. The fourth-order valence-corrected chi connectivity index (χ4v) is 6.58. The third kappa shape index (κ3) is 1.54. The number of ketones is 1. The Balaban J connectivity index is 1.61. The summed E-state index contributed by atoms with van der Waals surface area (Å²) in [5.41, 5.74) is -0.434.